The third kappa shape index (κ3) is 6.98. The fourth-order valence-electron chi connectivity index (χ4n) is 3.29. The van der Waals surface area contributed by atoms with Gasteiger partial charge in [0.1, 0.15) is 25.1 Å². The summed E-state index contributed by atoms with van der Waals surface area (Å²) in [5, 5.41) is 2.58. The fraction of sp³-hybridized carbons (Fsp3) is 0.571. The summed E-state index contributed by atoms with van der Waals surface area (Å²) in [5.41, 5.74) is 0.527. The predicted octanol–water partition coefficient (Wildman–Crippen LogP) is 1.19. The minimum atomic E-state index is -0.742. The van der Waals surface area contributed by atoms with E-state index in [0.29, 0.717) is 38.3 Å². The monoisotopic (exact) mass is 423 g/mol. The second-order valence-electron chi connectivity index (χ2n) is 7.58. The topological polar surface area (TPSA) is 88.2 Å². The first-order valence-corrected chi connectivity index (χ1v) is 10.0. The number of hydrogen-bond acceptors (Lipinski definition) is 6. The number of benzene rings is 1. The minimum absolute atomic E-state index is 0.194. The van der Waals surface area contributed by atoms with Gasteiger partial charge in [-0.3, -0.25) is 9.59 Å². The van der Waals surface area contributed by atoms with Gasteiger partial charge in [0.15, 0.2) is 0 Å². The van der Waals surface area contributed by atoms with Crippen LogP contribution in [0.5, 0.6) is 0 Å². The van der Waals surface area contributed by atoms with E-state index in [1.807, 2.05) is 18.7 Å². The molecule has 1 aliphatic rings. The molecule has 9 heteroatoms. The molecular weight excluding hydrogens is 393 g/mol. The molecule has 1 heterocycles. The van der Waals surface area contributed by atoms with Crippen LogP contribution in [-0.4, -0.2) is 75.2 Å². The zero-order valence-electron chi connectivity index (χ0n) is 17.7. The van der Waals surface area contributed by atoms with Gasteiger partial charge >= 0.3 is 5.97 Å². The lowest BCUT2D eigenvalue weighted by atomic mass is 10.0. The summed E-state index contributed by atoms with van der Waals surface area (Å²) < 4.78 is 23.8. The van der Waals surface area contributed by atoms with Crippen molar-refractivity contribution >= 4 is 23.5 Å². The molecule has 0 spiro atoms. The highest BCUT2D eigenvalue weighted by Gasteiger charge is 2.24. The quantitative estimate of drug-likeness (QED) is 0.601. The Labute approximate surface area is 176 Å². The third-order valence-corrected chi connectivity index (χ3v) is 4.81. The molecule has 0 saturated carbocycles. The number of ether oxygens (including phenoxy) is 2. The van der Waals surface area contributed by atoms with Crippen LogP contribution in [0.2, 0.25) is 0 Å². The maximum absolute atomic E-state index is 13.9. The largest absolute Gasteiger partial charge is 0.467 e. The average molecular weight is 423 g/mol. The summed E-state index contributed by atoms with van der Waals surface area (Å²) in [7, 11) is 1.27. The Morgan fingerprint density at radius 2 is 1.77 bits per heavy atom. The first-order chi connectivity index (χ1) is 14.3. The molecule has 166 valence electrons. The van der Waals surface area contributed by atoms with Crippen molar-refractivity contribution < 1.29 is 28.2 Å². The Morgan fingerprint density at radius 1 is 1.10 bits per heavy atom. The van der Waals surface area contributed by atoms with Crippen LogP contribution in [0.25, 0.3) is 0 Å². The summed E-state index contributed by atoms with van der Waals surface area (Å²) in [6.45, 7) is 5.23. The predicted molar refractivity (Wildman–Crippen MR) is 109 cm³/mol. The molecule has 1 N–H and O–H groups in total. The fourth-order valence-corrected chi connectivity index (χ4v) is 3.29. The minimum Gasteiger partial charge on any atom is -0.467 e. The van der Waals surface area contributed by atoms with Crippen LogP contribution < -0.4 is 10.2 Å². The van der Waals surface area contributed by atoms with Crippen molar-refractivity contribution in [2.24, 2.45) is 5.92 Å². The highest BCUT2D eigenvalue weighted by Crippen LogP contribution is 2.20. The Morgan fingerprint density at radius 3 is 2.37 bits per heavy atom. The number of hydrogen-bond donors (Lipinski definition) is 1. The maximum Gasteiger partial charge on any atom is 0.328 e. The van der Waals surface area contributed by atoms with E-state index in [2.05, 4.69) is 5.32 Å². The summed E-state index contributed by atoms with van der Waals surface area (Å²) >= 11 is 0. The van der Waals surface area contributed by atoms with Crippen LogP contribution in [0, 0.1) is 11.7 Å². The smallest absolute Gasteiger partial charge is 0.328 e. The Bertz CT molecular complexity index is 735. The number of methoxy groups -OCH3 is 1. The molecular formula is C21H30FN3O5. The van der Waals surface area contributed by atoms with E-state index in [-0.39, 0.29) is 30.9 Å². The van der Waals surface area contributed by atoms with Gasteiger partial charge in [-0.05, 0) is 24.5 Å². The van der Waals surface area contributed by atoms with E-state index in [1.54, 1.807) is 23.1 Å². The van der Waals surface area contributed by atoms with E-state index in [0.717, 1.165) is 0 Å². The normalized spacial score (nSPS) is 15.1. The molecule has 1 atom stereocenters. The van der Waals surface area contributed by atoms with Crippen molar-refractivity contribution in [3.8, 4) is 0 Å². The maximum atomic E-state index is 13.9. The molecule has 1 saturated heterocycles. The number of rotatable bonds is 9. The van der Waals surface area contributed by atoms with Crippen LogP contribution in [0.3, 0.4) is 0 Å². The third-order valence-electron chi connectivity index (χ3n) is 4.81. The number of carbonyl (C=O) groups excluding carboxylic acids is 3. The zero-order valence-corrected chi connectivity index (χ0v) is 17.7. The molecule has 1 aromatic carbocycles. The summed E-state index contributed by atoms with van der Waals surface area (Å²) in [5.74, 6) is -1.32. The van der Waals surface area contributed by atoms with Crippen LogP contribution in [0.1, 0.15) is 20.3 Å². The second-order valence-corrected chi connectivity index (χ2v) is 7.58. The SMILES string of the molecule is COC(=O)C(CC(C)C)NC(=O)COCC(=O)N1CCN(c2ccccc2F)CC1. The lowest BCUT2D eigenvalue weighted by Crippen LogP contribution is -2.50. The van der Waals surface area contributed by atoms with Crippen LogP contribution in [0.15, 0.2) is 24.3 Å². The van der Waals surface area contributed by atoms with Gasteiger partial charge in [-0.25, -0.2) is 9.18 Å². The van der Waals surface area contributed by atoms with Gasteiger partial charge in [-0.15, -0.1) is 0 Å². The average Bonchev–Trinajstić information content (AvgIpc) is 2.72. The van der Waals surface area contributed by atoms with E-state index >= 15 is 0 Å². The number of amides is 2. The van der Waals surface area contributed by atoms with E-state index in [1.165, 1.54) is 13.2 Å². The summed E-state index contributed by atoms with van der Waals surface area (Å²) in [6.07, 6.45) is 0.448. The van der Waals surface area contributed by atoms with Gasteiger partial charge in [0.25, 0.3) is 0 Å². The molecule has 0 bridgehead atoms. The summed E-state index contributed by atoms with van der Waals surface area (Å²) in [4.78, 5) is 39.6. The molecule has 2 amide bonds. The molecule has 30 heavy (non-hydrogen) atoms. The number of esters is 1. The van der Waals surface area contributed by atoms with Gasteiger partial charge in [0, 0.05) is 26.2 Å². The molecule has 1 aliphatic heterocycles. The second kappa shape index (κ2) is 11.5. The van der Waals surface area contributed by atoms with Crippen molar-refractivity contribution in [1.29, 1.82) is 0 Å². The van der Waals surface area contributed by atoms with E-state index < -0.39 is 17.9 Å². The molecule has 0 aromatic heterocycles. The number of halogens is 1. The number of para-hydroxylation sites is 1. The van der Waals surface area contributed by atoms with Crippen LogP contribution >= 0.6 is 0 Å². The number of nitrogens with zero attached hydrogens (tertiary/aromatic N) is 2. The number of nitrogens with one attached hydrogen (secondary N) is 1. The summed E-state index contributed by atoms with van der Waals surface area (Å²) in [6, 6.07) is 5.81. The lowest BCUT2D eigenvalue weighted by molar-refractivity contribution is -0.147. The molecule has 1 aromatic rings. The van der Waals surface area contributed by atoms with Crippen molar-refractivity contribution in [2.45, 2.75) is 26.3 Å². The van der Waals surface area contributed by atoms with Gasteiger partial charge in [0.2, 0.25) is 11.8 Å². The Hall–Kier alpha value is -2.68. The zero-order chi connectivity index (χ0) is 22.1. The van der Waals surface area contributed by atoms with Gasteiger partial charge in [0.05, 0.1) is 12.8 Å². The van der Waals surface area contributed by atoms with Crippen molar-refractivity contribution in [3.63, 3.8) is 0 Å². The van der Waals surface area contributed by atoms with Crippen LogP contribution in [0.4, 0.5) is 10.1 Å². The highest BCUT2D eigenvalue weighted by atomic mass is 19.1. The number of anilines is 1. The van der Waals surface area contributed by atoms with Gasteiger partial charge in [-0.1, -0.05) is 26.0 Å². The standard InChI is InChI=1S/C21H30FN3O5/c1-15(2)12-17(21(28)29-3)23-19(26)13-30-14-20(27)25-10-8-24(9-11-25)18-7-5-4-6-16(18)22/h4-7,15,17H,8-14H2,1-3H3,(H,23,26). The molecule has 2 rings (SSSR count). The Balaban J connectivity index is 1.72. The van der Waals surface area contributed by atoms with Crippen molar-refractivity contribution in [3.05, 3.63) is 30.1 Å². The number of carbonyl (C=O) groups is 3. The van der Waals surface area contributed by atoms with E-state index in [4.69, 9.17) is 9.47 Å². The molecule has 1 unspecified atom stereocenters. The van der Waals surface area contributed by atoms with Crippen molar-refractivity contribution in [1.82, 2.24) is 10.2 Å². The molecule has 1 fully saturated rings. The number of piperazine rings is 1. The molecule has 0 radical (unpaired) electrons. The van der Waals surface area contributed by atoms with Crippen LogP contribution in [-0.2, 0) is 23.9 Å². The first-order valence-electron chi connectivity index (χ1n) is 10.0. The first kappa shape index (κ1) is 23.6. The Kier molecular flexibility index (Phi) is 9.04. The van der Waals surface area contributed by atoms with Gasteiger partial charge < -0.3 is 24.6 Å². The molecule has 0 aliphatic carbocycles. The van der Waals surface area contributed by atoms with E-state index in [9.17, 15) is 18.8 Å². The van der Waals surface area contributed by atoms with Gasteiger partial charge in [-0.2, -0.15) is 0 Å². The molecule has 8 nitrogen and oxygen atoms in total. The van der Waals surface area contributed by atoms with Crippen molar-refractivity contribution in [2.75, 3.05) is 51.4 Å². The lowest BCUT2D eigenvalue weighted by Gasteiger charge is -2.36. The highest BCUT2D eigenvalue weighted by molar-refractivity contribution is 5.85.